The van der Waals surface area contributed by atoms with Crippen LogP contribution in [0.1, 0.15) is 35.2 Å². The molecule has 1 aliphatic rings. The largest absolute Gasteiger partial charge is 0.496 e. The molecule has 0 bridgehead atoms. The molecule has 1 amide bonds. The Hall–Kier alpha value is -3.10. The van der Waals surface area contributed by atoms with E-state index in [0.717, 1.165) is 45.4 Å². The summed E-state index contributed by atoms with van der Waals surface area (Å²) in [6, 6.07) is 8.61. The number of hydrogen-bond acceptors (Lipinski definition) is 8. The molecule has 3 rings (SSSR count). The van der Waals surface area contributed by atoms with Gasteiger partial charge in [0.25, 0.3) is 5.91 Å². The fourth-order valence-electron chi connectivity index (χ4n) is 4.05. The number of benzene rings is 1. The van der Waals surface area contributed by atoms with Crippen molar-refractivity contribution in [1.29, 1.82) is 5.26 Å². The molecular weight excluding hydrogens is 472 g/mol. The molecule has 1 aromatic heterocycles. The molecule has 190 valence electrons. The summed E-state index contributed by atoms with van der Waals surface area (Å²) in [7, 11) is 3.15. The molecule has 0 aliphatic carbocycles. The van der Waals surface area contributed by atoms with Crippen LogP contribution in [0.2, 0.25) is 5.02 Å². The number of halogens is 1. The number of pyridine rings is 1. The molecule has 0 unspecified atom stereocenters. The Bertz CT molecular complexity index is 1030. The second-order valence-electron chi connectivity index (χ2n) is 8.16. The van der Waals surface area contributed by atoms with Crippen LogP contribution in [0.5, 0.6) is 5.75 Å². The number of piperidine rings is 1. The maximum absolute atomic E-state index is 12.9. The van der Waals surface area contributed by atoms with E-state index in [1.807, 2.05) is 0 Å². The van der Waals surface area contributed by atoms with Crippen molar-refractivity contribution in [3.63, 3.8) is 0 Å². The Morgan fingerprint density at radius 2 is 2.17 bits per heavy atom. The van der Waals surface area contributed by atoms with Gasteiger partial charge in [0.2, 0.25) is 0 Å². The summed E-state index contributed by atoms with van der Waals surface area (Å²) in [5.74, 6) is 0.739. The molecule has 0 saturated carbocycles. The Morgan fingerprint density at radius 3 is 2.89 bits per heavy atom. The average Bonchev–Trinajstić information content (AvgIpc) is 2.86. The lowest BCUT2D eigenvalue weighted by Gasteiger charge is -2.38. The lowest BCUT2D eigenvalue weighted by atomic mass is 10.0. The first kappa shape index (κ1) is 28.1. The molecule has 35 heavy (non-hydrogen) atoms. The van der Waals surface area contributed by atoms with Crippen molar-refractivity contribution in [2.75, 3.05) is 51.4 Å². The Balaban J connectivity index is 0.00000432. The third kappa shape index (κ3) is 7.44. The van der Waals surface area contributed by atoms with E-state index in [4.69, 9.17) is 32.1 Å². The Morgan fingerprint density at radius 1 is 1.37 bits per heavy atom. The zero-order valence-electron chi connectivity index (χ0n) is 20.0. The van der Waals surface area contributed by atoms with Gasteiger partial charge in [0.15, 0.2) is 0 Å². The van der Waals surface area contributed by atoms with E-state index in [-0.39, 0.29) is 23.5 Å². The van der Waals surface area contributed by atoms with Crippen LogP contribution in [0, 0.1) is 11.3 Å². The lowest BCUT2D eigenvalue weighted by molar-refractivity contribution is 0.00606. The zero-order valence-corrected chi connectivity index (χ0v) is 20.8. The number of rotatable bonds is 10. The number of nitriles is 1. The van der Waals surface area contributed by atoms with Crippen molar-refractivity contribution in [2.24, 2.45) is 0 Å². The van der Waals surface area contributed by atoms with Gasteiger partial charge in [-0.3, -0.25) is 4.79 Å². The second kappa shape index (κ2) is 13.7. The van der Waals surface area contributed by atoms with Crippen LogP contribution in [0.25, 0.3) is 0 Å². The van der Waals surface area contributed by atoms with Gasteiger partial charge >= 0.3 is 0 Å². The number of nitrogen functional groups attached to an aromatic ring is 1. The summed E-state index contributed by atoms with van der Waals surface area (Å²) >= 11 is 6.11. The van der Waals surface area contributed by atoms with Gasteiger partial charge in [0.05, 0.1) is 41.1 Å². The fourth-order valence-corrected chi connectivity index (χ4v) is 4.22. The highest BCUT2D eigenvalue weighted by Crippen LogP contribution is 2.29. The molecular formula is C24H33ClN6O4. The Kier molecular flexibility index (Phi) is 11.0. The van der Waals surface area contributed by atoms with Crippen molar-refractivity contribution in [1.82, 2.24) is 15.2 Å². The van der Waals surface area contributed by atoms with Crippen LogP contribution in [0.3, 0.4) is 0 Å². The van der Waals surface area contributed by atoms with Crippen LogP contribution in [0.4, 0.5) is 11.5 Å². The van der Waals surface area contributed by atoms with Crippen LogP contribution in [0.15, 0.2) is 30.5 Å². The molecule has 2 aromatic rings. The highest BCUT2D eigenvalue weighted by Gasteiger charge is 2.31. The summed E-state index contributed by atoms with van der Waals surface area (Å²) in [4.78, 5) is 19.5. The number of amides is 1. The number of aromatic nitrogens is 1. The molecule has 2 heterocycles. The predicted molar refractivity (Wildman–Crippen MR) is 136 cm³/mol. The quantitative estimate of drug-likeness (QED) is 0.328. The summed E-state index contributed by atoms with van der Waals surface area (Å²) in [6.07, 6.45) is 4.27. The van der Waals surface area contributed by atoms with E-state index in [2.05, 4.69) is 26.6 Å². The molecule has 1 aromatic carbocycles. The molecule has 11 heteroatoms. The number of methoxy groups -OCH3 is 2. The van der Waals surface area contributed by atoms with Crippen LogP contribution in [-0.4, -0.2) is 73.8 Å². The monoisotopic (exact) mass is 504 g/mol. The summed E-state index contributed by atoms with van der Waals surface area (Å²) in [6.45, 7) is 3.26. The van der Waals surface area contributed by atoms with E-state index in [9.17, 15) is 4.79 Å². The van der Waals surface area contributed by atoms with Crippen LogP contribution in [-0.2, 0) is 4.74 Å². The number of carbonyl (C=O) groups is 1. The topological polar surface area (TPSA) is 157 Å². The van der Waals surface area contributed by atoms with E-state index >= 15 is 0 Å². The smallest absolute Gasteiger partial charge is 0.255 e. The summed E-state index contributed by atoms with van der Waals surface area (Å²) in [5, 5.41) is 15.7. The maximum Gasteiger partial charge on any atom is 0.255 e. The standard InChI is InChI=1S/C24H31ClN6O3.H2O/c1-33-21-13-19(27)18(25)12-17(21)24(32)30-20-7-11-31(15-22(20)34-2)10-4-3-8-28-23-16(14-26)6-5-9-29-23;/h5-6,9,12-13,20,22H,3-4,7-8,10-11,15,27H2,1-2H3,(H,28,29)(H,30,32);1H2/t20-,22+;/m0./s1. The van der Waals surface area contributed by atoms with Gasteiger partial charge < -0.3 is 36.2 Å². The fraction of sp³-hybridized carbons (Fsp3) is 0.458. The van der Waals surface area contributed by atoms with E-state index in [0.29, 0.717) is 33.4 Å². The van der Waals surface area contributed by atoms with E-state index in [1.54, 1.807) is 31.5 Å². The summed E-state index contributed by atoms with van der Waals surface area (Å²) < 4.78 is 11.0. The first-order valence-corrected chi connectivity index (χ1v) is 11.6. The first-order valence-electron chi connectivity index (χ1n) is 11.2. The molecule has 1 fully saturated rings. The minimum Gasteiger partial charge on any atom is -0.496 e. The predicted octanol–water partition coefficient (Wildman–Crippen LogP) is 2.08. The van der Waals surface area contributed by atoms with Crippen molar-refractivity contribution in [2.45, 2.75) is 31.4 Å². The number of unbranched alkanes of at least 4 members (excludes halogenated alkanes) is 1. The molecule has 1 saturated heterocycles. The average molecular weight is 505 g/mol. The van der Waals surface area contributed by atoms with Gasteiger partial charge in [0, 0.05) is 39.0 Å². The first-order chi connectivity index (χ1) is 16.5. The SMILES string of the molecule is COc1cc(N)c(Cl)cc1C(=O)N[C@H]1CCN(CCCCNc2ncccc2C#N)C[C@H]1OC.O. The van der Waals surface area contributed by atoms with Crippen molar-refractivity contribution < 1.29 is 19.7 Å². The van der Waals surface area contributed by atoms with E-state index < -0.39 is 0 Å². The van der Waals surface area contributed by atoms with Gasteiger partial charge in [0.1, 0.15) is 17.6 Å². The van der Waals surface area contributed by atoms with Gasteiger partial charge in [-0.05, 0) is 44.0 Å². The molecule has 0 radical (unpaired) electrons. The molecule has 2 atom stereocenters. The van der Waals surface area contributed by atoms with E-state index in [1.165, 1.54) is 13.2 Å². The maximum atomic E-state index is 12.9. The van der Waals surface area contributed by atoms with Crippen molar-refractivity contribution in [3.8, 4) is 11.8 Å². The van der Waals surface area contributed by atoms with Gasteiger partial charge in [-0.2, -0.15) is 5.26 Å². The molecule has 1 aliphatic heterocycles. The highest BCUT2D eigenvalue weighted by atomic mass is 35.5. The number of carbonyl (C=O) groups excluding carboxylic acids is 1. The normalized spacial score (nSPS) is 17.7. The molecule has 0 spiro atoms. The minimum atomic E-state index is -0.267. The van der Waals surface area contributed by atoms with Crippen molar-refractivity contribution in [3.05, 3.63) is 46.6 Å². The van der Waals surface area contributed by atoms with Gasteiger partial charge in [-0.15, -0.1) is 0 Å². The zero-order chi connectivity index (χ0) is 24.5. The number of hydrogen-bond donors (Lipinski definition) is 3. The molecule has 6 N–H and O–H groups in total. The highest BCUT2D eigenvalue weighted by molar-refractivity contribution is 6.33. The van der Waals surface area contributed by atoms with Gasteiger partial charge in [-0.1, -0.05) is 11.6 Å². The Labute approximate surface area is 210 Å². The lowest BCUT2D eigenvalue weighted by Crippen LogP contribution is -2.54. The summed E-state index contributed by atoms with van der Waals surface area (Å²) in [5.41, 5.74) is 7.08. The number of anilines is 2. The van der Waals surface area contributed by atoms with Crippen molar-refractivity contribution >= 4 is 29.0 Å². The van der Waals surface area contributed by atoms with Crippen LogP contribution < -0.4 is 21.1 Å². The number of ether oxygens (including phenoxy) is 2. The van der Waals surface area contributed by atoms with Gasteiger partial charge in [-0.25, -0.2) is 4.98 Å². The minimum absolute atomic E-state index is 0. The third-order valence-corrected chi connectivity index (χ3v) is 6.27. The number of nitrogens with zero attached hydrogens (tertiary/aromatic N) is 3. The van der Waals surface area contributed by atoms with Crippen LogP contribution >= 0.6 is 11.6 Å². The second-order valence-corrected chi connectivity index (χ2v) is 8.57. The number of nitrogens with one attached hydrogen (secondary N) is 2. The molecule has 10 nitrogen and oxygen atoms in total. The number of nitrogens with two attached hydrogens (primary N) is 1. The third-order valence-electron chi connectivity index (χ3n) is 5.95. The number of likely N-dealkylation sites (tertiary alicyclic amines) is 1.